The Morgan fingerprint density at radius 2 is 0.800 bits per heavy atom. The van der Waals surface area contributed by atoms with Crippen molar-refractivity contribution in [3.63, 3.8) is 0 Å². The summed E-state index contributed by atoms with van der Waals surface area (Å²) in [5.41, 5.74) is 13.5. The van der Waals surface area contributed by atoms with Crippen molar-refractivity contribution in [2.45, 2.75) is 0 Å². The van der Waals surface area contributed by atoms with Crippen LogP contribution in [-0.2, 0) is 0 Å². The minimum atomic E-state index is 0.767. The van der Waals surface area contributed by atoms with E-state index in [-0.39, 0.29) is 0 Å². The van der Waals surface area contributed by atoms with E-state index in [2.05, 4.69) is 40.3 Å². The molecule has 0 spiro atoms. The van der Waals surface area contributed by atoms with Gasteiger partial charge in [-0.05, 0) is 88.0 Å². The molecule has 2 aromatic heterocycles. The van der Waals surface area contributed by atoms with Gasteiger partial charge in [-0.25, -0.2) is 0 Å². The van der Waals surface area contributed by atoms with E-state index in [0.29, 0.717) is 0 Å². The molecule has 2 N–H and O–H groups in total. The van der Waals surface area contributed by atoms with E-state index in [0.717, 1.165) is 39.1 Å². The molecule has 2 heterocycles. The maximum Gasteiger partial charge on any atom is 0.0314 e. The van der Waals surface area contributed by atoms with E-state index < -0.39 is 0 Å². The number of hydrogen-bond donors (Lipinski definition) is 1. The molecule has 0 saturated heterocycles. The molecular weight excluding hydrogens is 306 g/mol. The van der Waals surface area contributed by atoms with Gasteiger partial charge in [0.2, 0.25) is 0 Å². The second kappa shape index (κ2) is 6.57. The highest BCUT2D eigenvalue weighted by molar-refractivity contribution is 5.81. The minimum Gasteiger partial charge on any atom is -0.399 e. The van der Waals surface area contributed by atoms with Crippen molar-refractivity contribution in [1.82, 2.24) is 9.97 Å². The van der Waals surface area contributed by atoms with Gasteiger partial charge in [0.25, 0.3) is 0 Å². The Kier molecular flexibility index (Phi) is 3.97. The van der Waals surface area contributed by atoms with Crippen molar-refractivity contribution >= 4 is 5.69 Å². The highest BCUT2D eigenvalue weighted by Gasteiger charge is 2.07. The Balaban J connectivity index is 1.90. The second-order valence-electron chi connectivity index (χ2n) is 5.89. The summed E-state index contributed by atoms with van der Waals surface area (Å²) >= 11 is 0. The monoisotopic (exact) mass is 323 g/mol. The molecule has 3 heteroatoms. The highest BCUT2D eigenvalue weighted by Crippen LogP contribution is 2.32. The smallest absolute Gasteiger partial charge is 0.0314 e. The molecule has 4 rings (SSSR count). The largest absolute Gasteiger partial charge is 0.399 e. The summed E-state index contributed by atoms with van der Waals surface area (Å²) in [5.74, 6) is 0. The molecule has 0 radical (unpaired) electrons. The summed E-state index contributed by atoms with van der Waals surface area (Å²) < 4.78 is 0. The first-order chi connectivity index (χ1) is 12.3. The van der Waals surface area contributed by atoms with Crippen LogP contribution in [0.5, 0.6) is 0 Å². The Morgan fingerprint density at radius 1 is 0.440 bits per heavy atom. The lowest BCUT2D eigenvalue weighted by Crippen LogP contribution is -1.88. The molecule has 2 aromatic carbocycles. The third-order valence-corrected chi connectivity index (χ3v) is 4.20. The number of aromatic nitrogens is 2. The Morgan fingerprint density at radius 3 is 1.20 bits per heavy atom. The van der Waals surface area contributed by atoms with Gasteiger partial charge in [-0.3, -0.25) is 9.97 Å². The normalized spacial score (nSPS) is 10.6. The zero-order valence-corrected chi connectivity index (χ0v) is 13.6. The number of anilines is 1. The minimum absolute atomic E-state index is 0.767. The molecule has 4 aromatic rings. The van der Waals surface area contributed by atoms with E-state index in [1.54, 1.807) is 0 Å². The van der Waals surface area contributed by atoms with Crippen LogP contribution in [0.4, 0.5) is 5.69 Å². The number of nitrogens with zero attached hydrogens (tertiary/aromatic N) is 2. The molecule has 0 fully saturated rings. The van der Waals surface area contributed by atoms with Gasteiger partial charge in [0.1, 0.15) is 0 Å². The molecule has 0 aliphatic rings. The molecule has 0 aliphatic carbocycles. The van der Waals surface area contributed by atoms with Crippen LogP contribution in [-0.4, -0.2) is 9.97 Å². The number of nitrogens with two attached hydrogens (primary N) is 1. The van der Waals surface area contributed by atoms with Gasteiger partial charge >= 0.3 is 0 Å². The number of pyridine rings is 2. The van der Waals surface area contributed by atoms with Crippen LogP contribution in [0.2, 0.25) is 0 Å². The van der Waals surface area contributed by atoms with Crippen molar-refractivity contribution < 1.29 is 0 Å². The molecule has 0 atom stereocenters. The summed E-state index contributed by atoms with van der Waals surface area (Å²) in [5, 5.41) is 0. The van der Waals surface area contributed by atoms with Crippen molar-refractivity contribution in [3.8, 4) is 33.4 Å². The maximum absolute atomic E-state index is 5.83. The summed E-state index contributed by atoms with van der Waals surface area (Å²) in [6.07, 6.45) is 7.27. The van der Waals surface area contributed by atoms with E-state index in [4.69, 9.17) is 5.73 Å². The van der Waals surface area contributed by atoms with Gasteiger partial charge in [0.15, 0.2) is 0 Å². The van der Waals surface area contributed by atoms with Crippen LogP contribution in [0.15, 0.2) is 91.5 Å². The lowest BCUT2D eigenvalue weighted by Gasteiger charge is -2.11. The standard InChI is InChI=1S/C22H17N3/c23-22-3-1-16(2-4-22)19-13-20(17-5-9-24-10-6-17)15-21(14-19)18-7-11-25-12-8-18/h1-15H,23H2. The van der Waals surface area contributed by atoms with Crippen molar-refractivity contribution in [2.75, 3.05) is 5.73 Å². The van der Waals surface area contributed by atoms with Crippen LogP contribution in [0, 0.1) is 0 Å². The zero-order valence-electron chi connectivity index (χ0n) is 13.6. The van der Waals surface area contributed by atoms with Gasteiger partial charge < -0.3 is 5.73 Å². The van der Waals surface area contributed by atoms with E-state index in [9.17, 15) is 0 Å². The first kappa shape index (κ1) is 15.1. The molecule has 0 unspecified atom stereocenters. The van der Waals surface area contributed by atoms with Gasteiger partial charge in [0, 0.05) is 30.5 Å². The molecule has 0 amide bonds. The summed E-state index contributed by atoms with van der Waals surface area (Å²) in [7, 11) is 0. The molecule has 0 aliphatic heterocycles. The number of nitrogen functional groups attached to an aromatic ring is 1. The lowest BCUT2D eigenvalue weighted by molar-refractivity contribution is 1.33. The van der Waals surface area contributed by atoms with E-state index in [1.165, 1.54) is 0 Å². The molecular formula is C22H17N3. The van der Waals surface area contributed by atoms with Crippen LogP contribution in [0.1, 0.15) is 0 Å². The average molecular weight is 323 g/mol. The third kappa shape index (κ3) is 3.26. The predicted molar refractivity (Wildman–Crippen MR) is 103 cm³/mol. The van der Waals surface area contributed by atoms with E-state index in [1.807, 2.05) is 61.2 Å². The van der Waals surface area contributed by atoms with Crippen LogP contribution in [0.3, 0.4) is 0 Å². The Bertz CT molecular complexity index is 921. The lowest BCUT2D eigenvalue weighted by atomic mass is 9.94. The molecule has 0 saturated carbocycles. The van der Waals surface area contributed by atoms with Crippen molar-refractivity contribution in [2.24, 2.45) is 0 Å². The van der Waals surface area contributed by atoms with Crippen LogP contribution in [0.25, 0.3) is 33.4 Å². The van der Waals surface area contributed by atoms with Crippen molar-refractivity contribution in [3.05, 3.63) is 91.5 Å². The van der Waals surface area contributed by atoms with Gasteiger partial charge in [-0.15, -0.1) is 0 Å². The SMILES string of the molecule is Nc1ccc(-c2cc(-c3ccncc3)cc(-c3ccncc3)c2)cc1. The predicted octanol–water partition coefficient (Wildman–Crippen LogP) is 5.06. The Labute approximate surface area is 146 Å². The fourth-order valence-corrected chi connectivity index (χ4v) is 2.89. The summed E-state index contributed by atoms with van der Waals surface area (Å²) in [4.78, 5) is 8.24. The van der Waals surface area contributed by atoms with Gasteiger partial charge in [-0.1, -0.05) is 12.1 Å². The first-order valence-electron chi connectivity index (χ1n) is 8.11. The van der Waals surface area contributed by atoms with E-state index >= 15 is 0 Å². The van der Waals surface area contributed by atoms with Gasteiger partial charge in [0.05, 0.1) is 0 Å². The molecule has 3 nitrogen and oxygen atoms in total. The quantitative estimate of drug-likeness (QED) is 0.536. The third-order valence-electron chi connectivity index (χ3n) is 4.20. The molecule has 120 valence electrons. The fraction of sp³-hybridized carbons (Fsp3) is 0. The molecule has 25 heavy (non-hydrogen) atoms. The summed E-state index contributed by atoms with van der Waals surface area (Å²) in [6, 6.07) is 22.7. The number of rotatable bonds is 3. The average Bonchev–Trinajstić information content (AvgIpc) is 2.69. The van der Waals surface area contributed by atoms with Gasteiger partial charge in [-0.2, -0.15) is 0 Å². The summed E-state index contributed by atoms with van der Waals surface area (Å²) in [6.45, 7) is 0. The zero-order chi connectivity index (χ0) is 17.1. The number of hydrogen-bond acceptors (Lipinski definition) is 3. The van der Waals surface area contributed by atoms with Crippen LogP contribution < -0.4 is 5.73 Å². The second-order valence-corrected chi connectivity index (χ2v) is 5.89. The Hall–Kier alpha value is -3.46. The number of benzene rings is 2. The molecule has 0 bridgehead atoms. The van der Waals surface area contributed by atoms with Crippen molar-refractivity contribution in [1.29, 1.82) is 0 Å². The highest BCUT2D eigenvalue weighted by atomic mass is 14.6. The fourth-order valence-electron chi connectivity index (χ4n) is 2.89. The maximum atomic E-state index is 5.83. The van der Waals surface area contributed by atoms with Crippen LogP contribution >= 0.6 is 0 Å². The first-order valence-corrected chi connectivity index (χ1v) is 8.11. The topological polar surface area (TPSA) is 51.8 Å².